The van der Waals surface area contributed by atoms with E-state index in [1.807, 2.05) is 18.2 Å². The molecule has 0 saturated carbocycles. The highest BCUT2D eigenvalue weighted by molar-refractivity contribution is 7.86. The van der Waals surface area contributed by atoms with E-state index in [0.29, 0.717) is 26.2 Å². The Bertz CT molecular complexity index is 641. The average molecular weight is 353 g/mol. The van der Waals surface area contributed by atoms with Gasteiger partial charge in [-0.2, -0.15) is 17.0 Å². The van der Waals surface area contributed by atoms with Gasteiger partial charge in [-0.25, -0.2) is 0 Å². The first-order valence-corrected chi connectivity index (χ1v) is 10.2. The number of hydrogen-bond acceptors (Lipinski definition) is 3. The fraction of sp³-hybridized carbons (Fsp3) is 0.667. The maximum Gasteiger partial charge on any atom is 0.282 e. The normalized spacial score (nSPS) is 28.1. The molecule has 3 rings (SSSR count). The number of rotatable bonds is 4. The number of nitrogens with zero attached hydrogens (tertiary/aromatic N) is 2. The van der Waals surface area contributed by atoms with Crippen molar-refractivity contribution >= 4 is 10.2 Å². The molecule has 2 saturated heterocycles. The summed E-state index contributed by atoms with van der Waals surface area (Å²) in [5.74, 6) is 0. The predicted octanol–water partition coefficient (Wildman–Crippen LogP) is 2.40. The van der Waals surface area contributed by atoms with Crippen LogP contribution < -0.4 is 0 Å². The number of ether oxygens (including phenoxy) is 1. The summed E-state index contributed by atoms with van der Waals surface area (Å²) in [5.41, 5.74) is 1.11. The fourth-order valence-electron chi connectivity index (χ4n) is 3.93. The van der Waals surface area contributed by atoms with Crippen molar-refractivity contribution in [1.82, 2.24) is 8.61 Å². The second-order valence-electron chi connectivity index (χ2n) is 7.21. The molecule has 1 atom stereocenters. The predicted molar refractivity (Wildman–Crippen MR) is 95.1 cm³/mol. The lowest BCUT2D eigenvalue weighted by Gasteiger charge is -2.42. The van der Waals surface area contributed by atoms with Gasteiger partial charge in [-0.15, -0.1) is 0 Å². The molecule has 1 aromatic carbocycles. The topological polar surface area (TPSA) is 49.9 Å². The Balaban J connectivity index is 1.74. The molecule has 2 heterocycles. The van der Waals surface area contributed by atoms with E-state index in [4.69, 9.17) is 4.74 Å². The third kappa shape index (κ3) is 3.52. The lowest BCUT2D eigenvalue weighted by Crippen LogP contribution is -2.53. The highest BCUT2D eigenvalue weighted by atomic mass is 32.2. The van der Waals surface area contributed by atoms with Crippen LogP contribution in [0.4, 0.5) is 0 Å². The Morgan fingerprint density at radius 2 is 1.75 bits per heavy atom. The van der Waals surface area contributed by atoms with Gasteiger partial charge in [-0.05, 0) is 31.2 Å². The summed E-state index contributed by atoms with van der Waals surface area (Å²) in [5, 5.41) is 0. The first-order valence-electron chi connectivity index (χ1n) is 8.79. The van der Waals surface area contributed by atoms with Gasteiger partial charge in [0.25, 0.3) is 10.2 Å². The monoisotopic (exact) mass is 352 g/mol. The van der Waals surface area contributed by atoms with Gasteiger partial charge in [0.1, 0.15) is 0 Å². The molecule has 0 N–H and O–H groups in total. The minimum atomic E-state index is -3.38. The number of methoxy groups -OCH3 is 1. The Labute approximate surface area is 145 Å². The molecule has 24 heavy (non-hydrogen) atoms. The summed E-state index contributed by atoms with van der Waals surface area (Å²) in [6.45, 7) is 4.47. The van der Waals surface area contributed by atoms with Gasteiger partial charge >= 0.3 is 0 Å². The van der Waals surface area contributed by atoms with Crippen LogP contribution in [0.3, 0.4) is 0 Å². The van der Waals surface area contributed by atoms with Gasteiger partial charge in [-0.1, -0.05) is 37.3 Å². The number of piperidine rings is 2. The van der Waals surface area contributed by atoms with E-state index < -0.39 is 10.2 Å². The second kappa shape index (κ2) is 7.12. The SMILES string of the molecule is COC1CCN(S(=O)(=O)N2CCC[C@@](C)(c3ccccc3)C2)CC1. The fourth-order valence-corrected chi connectivity index (χ4v) is 5.73. The summed E-state index contributed by atoms with van der Waals surface area (Å²) in [6, 6.07) is 10.3. The molecule has 0 radical (unpaired) electrons. The van der Waals surface area contributed by atoms with E-state index in [0.717, 1.165) is 25.7 Å². The van der Waals surface area contributed by atoms with Crippen molar-refractivity contribution < 1.29 is 13.2 Å². The molecule has 0 aromatic heterocycles. The van der Waals surface area contributed by atoms with Gasteiger partial charge in [0, 0.05) is 38.7 Å². The van der Waals surface area contributed by atoms with Crippen LogP contribution in [0.5, 0.6) is 0 Å². The van der Waals surface area contributed by atoms with Gasteiger partial charge in [0.05, 0.1) is 6.10 Å². The van der Waals surface area contributed by atoms with Gasteiger partial charge in [-0.3, -0.25) is 0 Å². The summed E-state index contributed by atoms with van der Waals surface area (Å²) in [6.07, 6.45) is 3.67. The Morgan fingerprint density at radius 3 is 2.38 bits per heavy atom. The highest BCUT2D eigenvalue weighted by Crippen LogP contribution is 2.35. The zero-order valence-corrected chi connectivity index (χ0v) is 15.5. The molecule has 5 nitrogen and oxygen atoms in total. The summed E-state index contributed by atoms with van der Waals surface area (Å²) in [7, 11) is -1.69. The molecule has 0 aliphatic carbocycles. The van der Waals surface area contributed by atoms with Gasteiger partial charge in [0.2, 0.25) is 0 Å². The standard InChI is InChI=1S/C18H28N2O3S/c1-18(16-7-4-3-5-8-16)11-6-12-20(15-18)24(21,22)19-13-9-17(23-2)10-14-19/h3-5,7-8,17H,6,9-15H2,1-2H3/t18-/m1/s1. The van der Waals surface area contributed by atoms with Crippen molar-refractivity contribution in [3.05, 3.63) is 35.9 Å². The van der Waals surface area contributed by atoms with Crippen LogP contribution in [0.1, 0.15) is 38.2 Å². The molecule has 2 aliphatic rings. The van der Waals surface area contributed by atoms with Crippen molar-refractivity contribution in [2.75, 3.05) is 33.3 Å². The van der Waals surface area contributed by atoms with E-state index in [1.165, 1.54) is 5.56 Å². The van der Waals surface area contributed by atoms with Crippen molar-refractivity contribution in [2.24, 2.45) is 0 Å². The quantitative estimate of drug-likeness (QED) is 0.836. The van der Waals surface area contributed by atoms with E-state index in [2.05, 4.69) is 19.1 Å². The van der Waals surface area contributed by atoms with Crippen molar-refractivity contribution in [3.63, 3.8) is 0 Å². The Morgan fingerprint density at radius 1 is 1.08 bits per heavy atom. The highest BCUT2D eigenvalue weighted by Gasteiger charge is 2.40. The molecule has 6 heteroatoms. The maximum atomic E-state index is 13.1. The molecule has 0 bridgehead atoms. The third-order valence-electron chi connectivity index (χ3n) is 5.52. The zero-order valence-electron chi connectivity index (χ0n) is 14.6. The molecular formula is C18H28N2O3S. The second-order valence-corrected chi connectivity index (χ2v) is 9.13. The lowest BCUT2D eigenvalue weighted by molar-refractivity contribution is 0.0585. The van der Waals surface area contributed by atoms with Gasteiger partial charge < -0.3 is 4.74 Å². The van der Waals surface area contributed by atoms with Crippen LogP contribution in [-0.4, -0.2) is 56.4 Å². The Hall–Kier alpha value is -0.950. The van der Waals surface area contributed by atoms with E-state index >= 15 is 0 Å². The van der Waals surface area contributed by atoms with E-state index in [-0.39, 0.29) is 11.5 Å². The number of benzene rings is 1. The van der Waals surface area contributed by atoms with Crippen LogP contribution >= 0.6 is 0 Å². The van der Waals surface area contributed by atoms with Crippen LogP contribution in [-0.2, 0) is 20.4 Å². The lowest BCUT2D eigenvalue weighted by atomic mass is 9.77. The molecular weight excluding hydrogens is 324 g/mol. The van der Waals surface area contributed by atoms with E-state index in [9.17, 15) is 8.42 Å². The van der Waals surface area contributed by atoms with Crippen molar-refractivity contribution in [3.8, 4) is 0 Å². The average Bonchev–Trinajstić information content (AvgIpc) is 2.62. The zero-order chi connectivity index (χ0) is 17.2. The van der Waals surface area contributed by atoms with E-state index in [1.54, 1.807) is 15.7 Å². The molecule has 2 fully saturated rings. The molecule has 0 amide bonds. The molecule has 2 aliphatic heterocycles. The molecule has 0 unspecified atom stereocenters. The Kier molecular flexibility index (Phi) is 5.30. The maximum absolute atomic E-state index is 13.1. The largest absolute Gasteiger partial charge is 0.381 e. The minimum absolute atomic E-state index is 0.114. The van der Waals surface area contributed by atoms with Gasteiger partial charge in [0.15, 0.2) is 0 Å². The molecule has 0 spiro atoms. The van der Waals surface area contributed by atoms with Crippen LogP contribution in [0.25, 0.3) is 0 Å². The first kappa shape index (κ1) is 17.9. The van der Waals surface area contributed by atoms with Crippen molar-refractivity contribution in [2.45, 2.75) is 44.1 Å². The molecule has 134 valence electrons. The molecule has 1 aromatic rings. The minimum Gasteiger partial charge on any atom is -0.381 e. The van der Waals surface area contributed by atoms with Crippen LogP contribution in [0.15, 0.2) is 30.3 Å². The summed E-state index contributed by atoms with van der Waals surface area (Å²) < 4.78 is 34.8. The number of hydrogen-bond donors (Lipinski definition) is 0. The van der Waals surface area contributed by atoms with Crippen molar-refractivity contribution in [1.29, 1.82) is 0 Å². The summed E-state index contributed by atoms with van der Waals surface area (Å²) >= 11 is 0. The van der Waals surface area contributed by atoms with Crippen LogP contribution in [0.2, 0.25) is 0 Å². The summed E-state index contributed by atoms with van der Waals surface area (Å²) in [4.78, 5) is 0. The third-order valence-corrected chi connectivity index (χ3v) is 7.50. The van der Waals surface area contributed by atoms with Crippen LogP contribution in [0, 0.1) is 0 Å². The first-order chi connectivity index (χ1) is 11.5. The smallest absolute Gasteiger partial charge is 0.282 e.